The maximum absolute atomic E-state index is 14.0. The lowest BCUT2D eigenvalue weighted by atomic mass is 10.2. The second-order valence-electron chi connectivity index (χ2n) is 9.04. The van der Waals surface area contributed by atoms with Crippen molar-refractivity contribution in [3.05, 3.63) is 69.7 Å². The third-order valence-corrected chi connectivity index (χ3v) is 6.71. The van der Waals surface area contributed by atoms with Gasteiger partial charge in [-0.25, -0.2) is 17.5 Å². The summed E-state index contributed by atoms with van der Waals surface area (Å²) < 4.78 is 49.6. The number of rotatable bonds is 10. The van der Waals surface area contributed by atoms with Crippen LogP contribution in [0.1, 0.15) is 43.7 Å². The lowest BCUT2D eigenvalue weighted by Crippen LogP contribution is -2.30. The van der Waals surface area contributed by atoms with Crippen molar-refractivity contribution in [3.63, 3.8) is 0 Å². The predicted octanol–water partition coefficient (Wildman–Crippen LogP) is 4.09. The van der Waals surface area contributed by atoms with E-state index in [1.54, 1.807) is 20.8 Å². The molecule has 1 heterocycles. The van der Waals surface area contributed by atoms with Crippen LogP contribution in [0.15, 0.2) is 47.4 Å². The van der Waals surface area contributed by atoms with Gasteiger partial charge in [-0.2, -0.15) is 9.78 Å². The summed E-state index contributed by atoms with van der Waals surface area (Å²) in [5.74, 6) is -1.19. The predicted molar refractivity (Wildman–Crippen MR) is 134 cm³/mol. The van der Waals surface area contributed by atoms with Gasteiger partial charge in [0.2, 0.25) is 15.9 Å². The van der Waals surface area contributed by atoms with Gasteiger partial charge in [-0.3, -0.25) is 14.9 Å². The average molecular weight is 534 g/mol. The number of hydrogen-bond acceptors (Lipinski definition) is 7. The summed E-state index contributed by atoms with van der Waals surface area (Å²) in [6.07, 6.45) is 0. The lowest BCUT2D eigenvalue weighted by molar-refractivity contribution is -0.385. The van der Waals surface area contributed by atoms with Gasteiger partial charge in [-0.05, 0) is 51.0 Å². The standard InChI is InChI=1S/C24H28FN5O6S/c1-14(2)13-26-23(31)22-16(5)24(29(27-22)18-8-6-7-17(25)11-18)36-20-10-9-19(30(32)33)12-21(20)37(34,35)28-15(3)4/h6-12,14-15,28H,13H2,1-5H3,(H,26,31). The number of nitrogens with one attached hydrogen (secondary N) is 2. The number of aromatic nitrogens is 2. The first-order valence-electron chi connectivity index (χ1n) is 11.4. The molecule has 2 aromatic carbocycles. The zero-order valence-corrected chi connectivity index (χ0v) is 21.8. The molecule has 0 saturated heterocycles. The zero-order chi connectivity index (χ0) is 27.5. The van der Waals surface area contributed by atoms with Gasteiger partial charge in [0, 0.05) is 30.3 Å². The molecular weight excluding hydrogens is 505 g/mol. The van der Waals surface area contributed by atoms with Crippen molar-refractivity contribution in [1.29, 1.82) is 0 Å². The smallest absolute Gasteiger partial charge is 0.272 e. The van der Waals surface area contributed by atoms with E-state index < -0.39 is 43.3 Å². The van der Waals surface area contributed by atoms with Gasteiger partial charge in [-0.15, -0.1) is 0 Å². The van der Waals surface area contributed by atoms with Crippen molar-refractivity contribution < 1.29 is 27.3 Å². The molecule has 0 aliphatic heterocycles. The molecule has 198 valence electrons. The minimum Gasteiger partial charge on any atom is -0.437 e. The molecule has 1 amide bonds. The third kappa shape index (κ3) is 6.49. The van der Waals surface area contributed by atoms with Crippen LogP contribution in [0.5, 0.6) is 11.6 Å². The maximum Gasteiger partial charge on any atom is 0.272 e. The highest BCUT2D eigenvalue weighted by molar-refractivity contribution is 7.89. The normalized spacial score (nSPS) is 11.7. The molecule has 3 rings (SSSR count). The number of nitro groups is 1. The number of carbonyl (C=O) groups is 1. The first kappa shape index (κ1) is 27.7. The van der Waals surface area contributed by atoms with Gasteiger partial charge < -0.3 is 10.1 Å². The Labute approximate surface area is 213 Å². The summed E-state index contributed by atoms with van der Waals surface area (Å²) in [4.78, 5) is 23.0. The molecule has 0 fully saturated rings. The molecule has 0 bridgehead atoms. The largest absolute Gasteiger partial charge is 0.437 e. The number of non-ortho nitro benzene ring substituents is 1. The zero-order valence-electron chi connectivity index (χ0n) is 21.0. The lowest BCUT2D eigenvalue weighted by Gasteiger charge is -2.15. The van der Waals surface area contributed by atoms with Crippen LogP contribution in [-0.2, 0) is 10.0 Å². The molecule has 13 heteroatoms. The Bertz CT molecular complexity index is 1440. The highest BCUT2D eigenvalue weighted by Gasteiger charge is 2.28. The molecule has 3 aromatic rings. The van der Waals surface area contributed by atoms with Gasteiger partial charge in [0.25, 0.3) is 11.6 Å². The fourth-order valence-corrected chi connectivity index (χ4v) is 4.76. The first-order valence-corrected chi connectivity index (χ1v) is 12.9. The van der Waals surface area contributed by atoms with E-state index in [0.717, 1.165) is 18.2 Å². The number of nitro benzene ring substituents is 1. The van der Waals surface area contributed by atoms with Crippen LogP contribution in [0.4, 0.5) is 10.1 Å². The molecular formula is C24H28FN5O6S. The second kappa shape index (κ2) is 11.0. The van der Waals surface area contributed by atoms with Crippen molar-refractivity contribution in [2.45, 2.75) is 45.6 Å². The van der Waals surface area contributed by atoms with Crippen LogP contribution >= 0.6 is 0 Å². The van der Waals surface area contributed by atoms with E-state index in [1.807, 2.05) is 13.8 Å². The monoisotopic (exact) mass is 533 g/mol. The maximum atomic E-state index is 14.0. The van der Waals surface area contributed by atoms with E-state index in [4.69, 9.17) is 4.74 Å². The first-order chi connectivity index (χ1) is 17.3. The van der Waals surface area contributed by atoms with Crippen LogP contribution < -0.4 is 14.8 Å². The Morgan fingerprint density at radius 3 is 2.49 bits per heavy atom. The molecule has 11 nitrogen and oxygen atoms in total. The molecule has 2 N–H and O–H groups in total. The van der Waals surface area contributed by atoms with Crippen LogP contribution in [0.2, 0.25) is 0 Å². The molecule has 0 spiro atoms. The Morgan fingerprint density at radius 1 is 1.19 bits per heavy atom. The number of nitrogens with zero attached hydrogens (tertiary/aromatic N) is 3. The van der Waals surface area contributed by atoms with Crippen molar-refractivity contribution in [3.8, 4) is 17.3 Å². The number of ether oxygens (including phenoxy) is 1. The number of hydrogen-bond donors (Lipinski definition) is 2. The van der Waals surface area contributed by atoms with Crippen molar-refractivity contribution in [1.82, 2.24) is 19.8 Å². The summed E-state index contributed by atoms with van der Waals surface area (Å²) in [7, 11) is -4.24. The van der Waals surface area contributed by atoms with E-state index in [2.05, 4.69) is 15.1 Å². The fraction of sp³-hybridized carbons (Fsp3) is 0.333. The fourth-order valence-electron chi connectivity index (χ4n) is 3.36. The third-order valence-electron chi connectivity index (χ3n) is 5.03. The molecule has 0 saturated carbocycles. The van der Waals surface area contributed by atoms with E-state index in [-0.39, 0.29) is 34.5 Å². The highest BCUT2D eigenvalue weighted by atomic mass is 32.2. The molecule has 0 radical (unpaired) electrons. The van der Waals surface area contributed by atoms with Crippen LogP contribution in [0.3, 0.4) is 0 Å². The van der Waals surface area contributed by atoms with E-state index in [0.29, 0.717) is 6.54 Å². The van der Waals surface area contributed by atoms with Crippen LogP contribution in [0, 0.1) is 28.8 Å². The number of halogens is 1. The summed E-state index contributed by atoms with van der Waals surface area (Å²) in [6.45, 7) is 8.98. The summed E-state index contributed by atoms with van der Waals surface area (Å²) in [5, 5.41) is 18.4. The number of sulfonamides is 1. The minimum atomic E-state index is -4.24. The molecule has 0 aliphatic rings. The quantitative estimate of drug-likeness (QED) is 0.295. The summed E-state index contributed by atoms with van der Waals surface area (Å²) >= 11 is 0. The second-order valence-corrected chi connectivity index (χ2v) is 10.7. The average Bonchev–Trinajstić information content (AvgIpc) is 3.12. The summed E-state index contributed by atoms with van der Waals surface area (Å²) in [5.41, 5.74) is 0.00352. The molecule has 37 heavy (non-hydrogen) atoms. The minimum absolute atomic E-state index is 0.00784. The molecule has 0 atom stereocenters. The van der Waals surface area contributed by atoms with E-state index >= 15 is 0 Å². The molecule has 0 unspecified atom stereocenters. The Balaban J connectivity index is 2.19. The molecule has 0 aliphatic carbocycles. The summed E-state index contributed by atoms with van der Waals surface area (Å²) in [6, 6.07) is 8.00. The van der Waals surface area contributed by atoms with Crippen LogP contribution in [-0.4, -0.2) is 41.6 Å². The van der Waals surface area contributed by atoms with Crippen molar-refractivity contribution in [2.24, 2.45) is 5.92 Å². The Hall–Kier alpha value is -3.84. The van der Waals surface area contributed by atoms with Gasteiger partial charge in [0.15, 0.2) is 5.69 Å². The van der Waals surface area contributed by atoms with Crippen molar-refractivity contribution in [2.75, 3.05) is 6.54 Å². The van der Waals surface area contributed by atoms with Crippen molar-refractivity contribution >= 4 is 21.6 Å². The van der Waals surface area contributed by atoms with Gasteiger partial charge in [0.05, 0.1) is 10.6 Å². The number of carbonyl (C=O) groups excluding carboxylic acids is 1. The topological polar surface area (TPSA) is 145 Å². The van der Waals surface area contributed by atoms with E-state index in [9.17, 15) is 27.7 Å². The molecule has 1 aromatic heterocycles. The number of benzene rings is 2. The Kier molecular flexibility index (Phi) is 8.28. The van der Waals surface area contributed by atoms with Gasteiger partial charge in [0.1, 0.15) is 16.5 Å². The van der Waals surface area contributed by atoms with Crippen LogP contribution in [0.25, 0.3) is 5.69 Å². The van der Waals surface area contributed by atoms with Gasteiger partial charge in [-0.1, -0.05) is 19.9 Å². The Morgan fingerprint density at radius 2 is 1.89 bits per heavy atom. The van der Waals surface area contributed by atoms with E-state index in [1.165, 1.54) is 28.9 Å². The SMILES string of the molecule is Cc1c(C(=O)NCC(C)C)nn(-c2cccc(F)c2)c1Oc1ccc([N+](=O)[O-])cc1S(=O)(=O)NC(C)C. The number of amides is 1. The van der Waals surface area contributed by atoms with Gasteiger partial charge >= 0.3 is 0 Å². The highest BCUT2D eigenvalue weighted by Crippen LogP contribution is 2.35.